The van der Waals surface area contributed by atoms with E-state index in [9.17, 15) is 27.2 Å². The average molecular weight is 290 g/mol. The molecule has 19 heavy (non-hydrogen) atoms. The second kappa shape index (κ2) is 4.42. The van der Waals surface area contributed by atoms with E-state index in [-0.39, 0.29) is 0 Å². The summed E-state index contributed by atoms with van der Waals surface area (Å²) < 4.78 is 64.6. The van der Waals surface area contributed by atoms with E-state index >= 15 is 0 Å². The molecule has 0 aromatic rings. The summed E-state index contributed by atoms with van der Waals surface area (Å²) in [5.74, 6) is -5.35. The number of hydrogen-bond acceptors (Lipinski definition) is 6. The average Bonchev–Trinajstić information content (AvgIpc) is 2.45. The molecule has 0 saturated carbocycles. The number of alkyl halides is 4. The van der Waals surface area contributed by atoms with Gasteiger partial charge in [0.1, 0.15) is 0 Å². The first-order valence-electron chi connectivity index (χ1n) is 4.94. The van der Waals surface area contributed by atoms with Crippen molar-refractivity contribution in [1.29, 1.82) is 0 Å². The highest BCUT2D eigenvalue weighted by molar-refractivity contribution is 5.63. The zero-order chi connectivity index (χ0) is 15.1. The fraction of sp³-hybridized carbons (Fsp3) is 0.778. The van der Waals surface area contributed by atoms with Crippen LogP contribution in [0.15, 0.2) is 0 Å². The molecule has 10 heteroatoms. The minimum absolute atomic E-state index is 0.790. The Kier molecular flexibility index (Phi) is 3.57. The summed E-state index contributed by atoms with van der Waals surface area (Å²) in [6.07, 6.45) is -7.55. The fourth-order valence-corrected chi connectivity index (χ4v) is 0.947. The van der Waals surface area contributed by atoms with Gasteiger partial charge in [0.2, 0.25) is 6.10 Å². The van der Waals surface area contributed by atoms with Crippen molar-refractivity contribution in [3.05, 3.63) is 0 Å². The molecular formula is C9H10F4O6. The molecule has 6 nitrogen and oxygen atoms in total. The van der Waals surface area contributed by atoms with Crippen LogP contribution in [0.4, 0.5) is 27.2 Å². The lowest BCUT2D eigenvalue weighted by Crippen LogP contribution is -2.39. The number of halogens is 4. The largest absolute Gasteiger partial charge is 0.514 e. The van der Waals surface area contributed by atoms with Gasteiger partial charge in [-0.1, -0.05) is 0 Å². The molecule has 110 valence electrons. The van der Waals surface area contributed by atoms with E-state index < -0.39 is 36.2 Å². The molecule has 2 fully saturated rings. The molecule has 0 aromatic carbocycles. The summed E-state index contributed by atoms with van der Waals surface area (Å²) in [5, 5.41) is 0. The zero-order valence-electron chi connectivity index (χ0n) is 10.0. The summed E-state index contributed by atoms with van der Waals surface area (Å²) >= 11 is 0. The van der Waals surface area contributed by atoms with E-state index in [0.717, 1.165) is 20.8 Å². The van der Waals surface area contributed by atoms with Crippen LogP contribution < -0.4 is 0 Å². The normalized spacial score (nSPS) is 39.4. The third kappa shape index (κ3) is 3.18. The minimum Gasteiger partial charge on any atom is -0.420 e. The Balaban J connectivity index is 0.000000191. The first kappa shape index (κ1) is 15.3. The molecule has 0 bridgehead atoms. The third-order valence-electron chi connectivity index (χ3n) is 2.31. The van der Waals surface area contributed by atoms with Crippen LogP contribution in [-0.4, -0.2) is 36.2 Å². The highest BCUT2D eigenvalue weighted by atomic mass is 19.3. The number of cyclic esters (lactones) is 4. The highest BCUT2D eigenvalue weighted by Crippen LogP contribution is 2.38. The molecule has 2 aliphatic heterocycles. The van der Waals surface area contributed by atoms with E-state index in [1.807, 2.05) is 0 Å². The molecule has 3 atom stereocenters. The van der Waals surface area contributed by atoms with Gasteiger partial charge in [-0.25, -0.2) is 9.59 Å². The van der Waals surface area contributed by atoms with Crippen LogP contribution in [0.25, 0.3) is 0 Å². The van der Waals surface area contributed by atoms with Gasteiger partial charge >= 0.3 is 30.1 Å². The molecule has 2 rings (SSSR count). The highest BCUT2D eigenvalue weighted by Gasteiger charge is 2.59. The van der Waals surface area contributed by atoms with Crippen molar-refractivity contribution in [1.82, 2.24) is 0 Å². The number of carbonyl (C=O) groups excluding carboxylic acids is 2. The summed E-state index contributed by atoms with van der Waals surface area (Å²) in [6, 6.07) is 0. The molecule has 2 saturated heterocycles. The predicted molar refractivity (Wildman–Crippen MR) is 48.6 cm³/mol. The van der Waals surface area contributed by atoms with E-state index in [2.05, 4.69) is 18.9 Å². The lowest BCUT2D eigenvalue weighted by atomic mass is 10.2. The van der Waals surface area contributed by atoms with Gasteiger partial charge in [0.25, 0.3) is 0 Å². The van der Waals surface area contributed by atoms with E-state index in [1.54, 1.807) is 0 Å². The van der Waals surface area contributed by atoms with Crippen molar-refractivity contribution in [3.8, 4) is 0 Å². The lowest BCUT2D eigenvalue weighted by molar-refractivity contribution is -0.194. The Morgan fingerprint density at radius 3 is 1.42 bits per heavy atom. The van der Waals surface area contributed by atoms with Gasteiger partial charge in [0, 0.05) is 13.8 Å². The zero-order valence-corrected chi connectivity index (χ0v) is 10.0. The predicted octanol–water partition coefficient (Wildman–Crippen LogP) is 2.66. The number of hydrogen-bond donors (Lipinski definition) is 0. The van der Waals surface area contributed by atoms with Gasteiger partial charge in [-0.15, -0.1) is 0 Å². The SMILES string of the molecule is CC1(F)OC(=O)OC1(C)F.CC1OC(=O)OC1(F)F. The lowest BCUT2D eigenvalue weighted by Gasteiger charge is -2.19. The van der Waals surface area contributed by atoms with E-state index in [1.165, 1.54) is 0 Å². The molecular weight excluding hydrogens is 280 g/mol. The van der Waals surface area contributed by atoms with Crippen LogP contribution in [0, 0.1) is 0 Å². The Bertz CT molecular complexity index is 376. The van der Waals surface area contributed by atoms with Gasteiger partial charge in [0.15, 0.2) is 0 Å². The van der Waals surface area contributed by atoms with Crippen LogP contribution in [0.5, 0.6) is 0 Å². The molecule has 0 aromatic heterocycles. The third-order valence-corrected chi connectivity index (χ3v) is 2.31. The Morgan fingerprint density at radius 1 is 0.895 bits per heavy atom. The van der Waals surface area contributed by atoms with Crippen molar-refractivity contribution < 1.29 is 46.1 Å². The molecule has 2 aliphatic rings. The van der Waals surface area contributed by atoms with Crippen LogP contribution in [0.1, 0.15) is 20.8 Å². The van der Waals surface area contributed by atoms with Crippen molar-refractivity contribution >= 4 is 12.3 Å². The molecule has 0 aliphatic carbocycles. The second-order valence-corrected chi connectivity index (χ2v) is 3.96. The van der Waals surface area contributed by atoms with Gasteiger partial charge in [-0.3, -0.25) is 0 Å². The van der Waals surface area contributed by atoms with Crippen LogP contribution in [0.3, 0.4) is 0 Å². The maximum Gasteiger partial charge on any atom is 0.514 e. The summed E-state index contributed by atoms with van der Waals surface area (Å²) in [4.78, 5) is 20.1. The van der Waals surface area contributed by atoms with Crippen molar-refractivity contribution in [2.45, 2.75) is 44.7 Å². The van der Waals surface area contributed by atoms with Gasteiger partial charge in [0.05, 0.1) is 0 Å². The Morgan fingerprint density at radius 2 is 1.32 bits per heavy atom. The molecule has 3 unspecified atom stereocenters. The molecule has 0 amide bonds. The fourth-order valence-electron chi connectivity index (χ4n) is 0.947. The molecule has 0 N–H and O–H groups in total. The van der Waals surface area contributed by atoms with Crippen molar-refractivity contribution in [2.75, 3.05) is 0 Å². The summed E-state index contributed by atoms with van der Waals surface area (Å²) in [5.41, 5.74) is 0. The number of rotatable bonds is 0. The number of ether oxygens (including phenoxy) is 4. The Hall–Kier alpha value is -1.74. The first-order valence-corrected chi connectivity index (χ1v) is 4.94. The topological polar surface area (TPSA) is 71.1 Å². The second-order valence-electron chi connectivity index (χ2n) is 3.96. The number of carbonyl (C=O) groups is 2. The minimum atomic E-state index is -3.45. The van der Waals surface area contributed by atoms with Crippen molar-refractivity contribution in [3.63, 3.8) is 0 Å². The molecule has 0 spiro atoms. The van der Waals surface area contributed by atoms with Crippen LogP contribution in [-0.2, 0) is 18.9 Å². The maximum absolute atomic E-state index is 12.7. The summed E-state index contributed by atoms with van der Waals surface area (Å²) in [7, 11) is 0. The van der Waals surface area contributed by atoms with Crippen LogP contribution >= 0.6 is 0 Å². The summed E-state index contributed by atoms with van der Waals surface area (Å²) in [6.45, 7) is 2.64. The Labute approximate surface area is 104 Å². The van der Waals surface area contributed by atoms with Gasteiger partial charge in [-0.05, 0) is 6.92 Å². The van der Waals surface area contributed by atoms with Gasteiger partial charge < -0.3 is 18.9 Å². The van der Waals surface area contributed by atoms with Gasteiger partial charge in [-0.2, -0.15) is 17.6 Å². The quantitative estimate of drug-likeness (QED) is 0.504. The standard InChI is InChI=1S/C5H6F2O3.C4H4F2O3/c1-4(6)5(2,7)10-3(8)9-4;1-2-4(5,6)9-3(7)8-2/h1-2H3;2H,1H3. The van der Waals surface area contributed by atoms with Crippen LogP contribution in [0.2, 0.25) is 0 Å². The maximum atomic E-state index is 12.7. The first-order chi connectivity index (χ1) is 8.37. The van der Waals surface area contributed by atoms with E-state index in [4.69, 9.17) is 0 Å². The monoisotopic (exact) mass is 290 g/mol. The van der Waals surface area contributed by atoms with Crippen molar-refractivity contribution in [2.24, 2.45) is 0 Å². The molecule has 0 radical (unpaired) electrons. The molecule has 2 heterocycles. The smallest absolute Gasteiger partial charge is 0.420 e. The van der Waals surface area contributed by atoms with E-state index in [0.29, 0.717) is 0 Å².